The number of fused-ring (bicyclic) bond motifs is 2. The van der Waals surface area contributed by atoms with Crippen LogP contribution in [0.5, 0.6) is 0 Å². The summed E-state index contributed by atoms with van der Waals surface area (Å²) in [6, 6.07) is 8.77. The molecule has 21 heavy (non-hydrogen) atoms. The first kappa shape index (κ1) is 14.5. The minimum atomic E-state index is 0. The van der Waals surface area contributed by atoms with Crippen molar-refractivity contribution in [2.24, 2.45) is 0 Å². The molecule has 0 radical (unpaired) electrons. The van der Waals surface area contributed by atoms with E-state index in [4.69, 9.17) is 0 Å². The molecule has 0 atom stereocenters. The van der Waals surface area contributed by atoms with E-state index in [9.17, 15) is 0 Å². The zero-order chi connectivity index (χ0) is 13.4. The Labute approximate surface area is 131 Å². The Morgan fingerprint density at radius 3 is 2.57 bits per heavy atom. The number of nitrogens with one attached hydrogen (secondary N) is 1. The van der Waals surface area contributed by atoms with Crippen LogP contribution in [0.15, 0.2) is 24.3 Å². The van der Waals surface area contributed by atoms with Crippen molar-refractivity contribution in [3.8, 4) is 0 Å². The molecule has 2 aliphatic heterocycles. The zero-order valence-electron chi connectivity index (χ0n) is 12.1. The Morgan fingerprint density at radius 2 is 1.76 bits per heavy atom. The van der Waals surface area contributed by atoms with Gasteiger partial charge in [0.2, 0.25) is 0 Å². The average molecular weight is 305 g/mol. The molecule has 112 valence electrons. The molecule has 0 amide bonds. The summed E-state index contributed by atoms with van der Waals surface area (Å²) in [5, 5.41) is 12.4. The van der Waals surface area contributed by atoms with Crippen LogP contribution in [0.25, 0.3) is 0 Å². The number of hydrogen-bond acceptors (Lipinski definition) is 3. The molecule has 0 unspecified atom stereocenters. The van der Waals surface area contributed by atoms with E-state index in [0.29, 0.717) is 5.92 Å². The Kier molecular flexibility index (Phi) is 4.27. The maximum Gasteiger partial charge on any atom is 0.136 e. The fourth-order valence-corrected chi connectivity index (χ4v) is 3.46. The number of halogens is 1. The third-order valence-corrected chi connectivity index (χ3v) is 4.63. The number of nitrogens with zero attached hydrogens (tertiary/aromatic N) is 3. The molecule has 1 aromatic heterocycles. The van der Waals surface area contributed by atoms with Crippen LogP contribution in [-0.4, -0.2) is 27.9 Å². The standard InChI is InChI=1S/C16H20N4.ClH/c1-2-4-14-11-20-15(6-5-12(14)3-1)18-19-16(20)13-7-9-17-10-8-13;/h1-4,13,17H,5-11H2;1H. The third-order valence-electron chi connectivity index (χ3n) is 4.63. The molecule has 0 saturated carbocycles. The lowest BCUT2D eigenvalue weighted by Crippen LogP contribution is -2.28. The molecule has 4 nitrogen and oxygen atoms in total. The van der Waals surface area contributed by atoms with Crippen LogP contribution < -0.4 is 5.32 Å². The van der Waals surface area contributed by atoms with Gasteiger partial charge in [-0.1, -0.05) is 24.3 Å². The van der Waals surface area contributed by atoms with Gasteiger partial charge in [0.15, 0.2) is 0 Å². The molecule has 1 saturated heterocycles. The molecule has 1 aromatic carbocycles. The molecule has 2 aromatic rings. The van der Waals surface area contributed by atoms with E-state index >= 15 is 0 Å². The van der Waals surface area contributed by atoms with E-state index in [2.05, 4.69) is 44.3 Å². The van der Waals surface area contributed by atoms with Gasteiger partial charge in [0, 0.05) is 12.3 Å². The zero-order valence-corrected chi connectivity index (χ0v) is 12.9. The Hall–Kier alpha value is -1.39. The van der Waals surface area contributed by atoms with E-state index in [0.717, 1.165) is 38.3 Å². The minimum absolute atomic E-state index is 0. The summed E-state index contributed by atoms with van der Waals surface area (Å²) in [7, 11) is 0. The van der Waals surface area contributed by atoms with Crippen molar-refractivity contribution < 1.29 is 0 Å². The molecule has 4 rings (SSSR count). The van der Waals surface area contributed by atoms with Gasteiger partial charge in [-0.15, -0.1) is 22.6 Å². The van der Waals surface area contributed by atoms with Crippen LogP contribution in [0.2, 0.25) is 0 Å². The third kappa shape index (κ3) is 2.70. The highest BCUT2D eigenvalue weighted by Gasteiger charge is 2.24. The number of benzene rings is 1. The van der Waals surface area contributed by atoms with Gasteiger partial charge in [0.1, 0.15) is 11.6 Å². The smallest absolute Gasteiger partial charge is 0.136 e. The molecule has 3 heterocycles. The maximum absolute atomic E-state index is 4.52. The van der Waals surface area contributed by atoms with Gasteiger partial charge in [-0.3, -0.25) is 0 Å². The summed E-state index contributed by atoms with van der Waals surface area (Å²) in [6.45, 7) is 3.14. The first-order valence-corrected chi connectivity index (χ1v) is 7.61. The van der Waals surface area contributed by atoms with E-state index in [1.165, 1.54) is 29.8 Å². The van der Waals surface area contributed by atoms with Crippen molar-refractivity contribution in [3.05, 3.63) is 47.0 Å². The van der Waals surface area contributed by atoms with Crippen molar-refractivity contribution >= 4 is 12.4 Å². The Bertz CT molecular complexity index is 616. The fourth-order valence-electron chi connectivity index (χ4n) is 3.46. The molecule has 0 bridgehead atoms. The lowest BCUT2D eigenvalue weighted by molar-refractivity contribution is 0.432. The Morgan fingerprint density at radius 1 is 1.00 bits per heavy atom. The van der Waals surface area contributed by atoms with E-state index in [1.807, 2.05) is 0 Å². The monoisotopic (exact) mass is 304 g/mol. The predicted octanol–water partition coefficient (Wildman–Crippen LogP) is 2.31. The number of aryl methyl sites for hydroxylation is 2. The van der Waals surface area contributed by atoms with E-state index < -0.39 is 0 Å². The van der Waals surface area contributed by atoms with Crippen molar-refractivity contribution in [3.63, 3.8) is 0 Å². The molecule has 2 aliphatic rings. The van der Waals surface area contributed by atoms with Gasteiger partial charge in [-0.25, -0.2) is 0 Å². The summed E-state index contributed by atoms with van der Waals surface area (Å²) in [5.41, 5.74) is 2.90. The predicted molar refractivity (Wildman–Crippen MR) is 85.1 cm³/mol. The van der Waals surface area contributed by atoms with Crippen molar-refractivity contribution in [2.45, 2.75) is 38.1 Å². The summed E-state index contributed by atoms with van der Waals surface area (Å²) in [6.07, 6.45) is 4.45. The Balaban J connectivity index is 0.00000132. The van der Waals surface area contributed by atoms with Gasteiger partial charge in [-0.05, 0) is 43.5 Å². The number of piperidine rings is 1. The maximum atomic E-state index is 4.52. The second kappa shape index (κ2) is 6.16. The first-order valence-electron chi connectivity index (χ1n) is 7.61. The van der Waals surface area contributed by atoms with Crippen LogP contribution in [0, 0.1) is 0 Å². The largest absolute Gasteiger partial charge is 0.317 e. The molecule has 0 spiro atoms. The highest BCUT2D eigenvalue weighted by molar-refractivity contribution is 5.85. The number of rotatable bonds is 1. The van der Waals surface area contributed by atoms with Gasteiger partial charge < -0.3 is 9.88 Å². The van der Waals surface area contributed by atoms with Gasteiger partial charge in [0.05, 0.1) is 6.54 Å². The molecule has 1 N–H and O–H groups in total. The molecule has 5 heteroatoms. The van der Waals surface area contributed by atoms with Gasteiger partial charge in [-0.2, -0.15) is 0 Å². The molecule has 0 aliphatic carbocycles. The van der Waals surface area contributed by atoms with Crippen molar-refractivity contribution in [1.29, 1.82) is 0 Å². The average Bonchev–Trinajstić information content (AvgIpc) is 2.81. The lowest BCUT2D eigenvalue weighted by Gasteiger charge is -2.22. The highest BCUT2D eigenvalue weighted by Crippen LogP contribution is 2.27. The van der Waals surface area contributed by atoms with Crippen LogP contribution in [0.1, 0.15) is 41.5 Å². The fraction of sp³-hybridized carbons (Fsp3) is 0.500. The van der Waals surface area contributed by atoms with E-state index in [-0.39, 0.29) is 12.4 Å². The topological polar surface area (TPSA) is 42.7 Å². The number of hydrogen-bond donors (Lipinski definition) is 1. The molecular weight excluding hydrogens is 284 g/mol. The van der Waals surface area contributed by atoms with Crippen LogP contribution in [-0.2, 0) is 19.4 Å². The molecule has 1 fully saturated rings. The minimum Gasteiger partial charge on any atom is -0.317 e. The summed E-state index contributed by atoms with van der Waals surface area (Å²) >= 11 is 0. The first-order chi connectivity index (χ1) is 9.92. The summed E-state index contributed by atoms with van der Waals surface area (Å²) in [5.74, 6) is 2.94. The second-order valence-corrected chi connectivity index (χ2v) is 5.85. The molecular formula is C16H21ClN4. The second-order valence-electron chi connectivity index (χ2n) is 5.85. The van der Waals surface area contributed by atoms with Crippen LogP contribution in [0.4, 0.5) is 0 Å². The SMILES string of the molecule is Cl.c1ccc2c(c1)CCc1nnc(C3CCNCC3)n1C2. The van der Waals surface area contributed by atoms with E-state index in [1.54, 1.807) is 0 Å². The van der Waals surface area contributed by atoms with Crippen molar-refractivity contribution in [2.75, 3.05) is 13.1 Å². The van der Waals surface area contributed by atoms with Gasteiger partial charge >= 0.3 is 0 Å². The van der Waals surface area contributed by atoms with Crippen LogP contribution in [0.3, 0.4) is 0 Å². The number of aromatic nitrogens is 3. The summed E-state index contributed by atoms with van der Waals surface area (Å²) in [4.78, 5) is 0. The quantitative estimate of drug-likeness (QED) is 0.879. The normalized spacial score (nSPS) is 18.3. The van der Waals surface area contributed by atoms with Crippen LogP contribution >= 0.6 is 12.4 Å². The summed E-state index contributed by atoms with van der Waals surface area (Å²) < 4.78 is 2.38. The lowest BCUT2D eigenvalue weighted by atomic mass is 9.97. The van der Waals surface area contributed by atoms with Gasteiger partial charge in [0.25, 0.3) is 0 Å². The highest BCUT2D eigenvalue weighted by atomic mass is 35.5. The van der Waals surface area contributed by atoms with Crippen molar-refractivity contribution in [1.82, 2.24) is 20.1 Å².